The average molecular weight is 539 g/mol. The van der Waals surface area contributed by atoms with E-state index in [-0.39, 0.29) is 55.2 Å². The summed E-state index contributed by atoms with van der Waals surface area (Å²) in [5, 5.41) is 33.6. The van der Waals surface area contributed by atoms with Gasteiger partial charge in [0.2, 0.25) is 11.8 Å². The molecule has 3 amide bonds. The Balaban J connectivity index is 1.36. The Kier molecular flexibility index (Phi) is 5.45. The molecule has 10 N–H and O–H groups in total. The van der Waals surface area contributed by atoms with Crippen molar-refractivity contribution in [2.45, 2.75) is 42.4 Å². The number of fused-ring (bicyclic) bond motifs is 1. The molecule has 0 saturated carbocycles. The molecule has 14 heteroatoms. The Bertz CT molecular complexity index is 1470. The van der Waals surface area contributed by atoms with Crippen LogP contribution in [0.1, 0.15) is 23.2 Å². The molecule has 0 radical (unpaired) electrons. The molecule has 0 bridgehead atoms. The van der Waals surface area contributed by atoms with Crippen LogP contribution in [0.4, 0.5) is 0 Å². The van der Waals surface area contributed by atoms with Gasteiger partial charge in [-0.1, -0.05) is 30.3 Å². The van der Waals surface area contributed by atoms with E-state index < -0.39 is 35.5 Å². The molecule has 6 rings (SSSR count). The number of imide groups is 1. The van der Waals surface area contributed by atoms with Gasteiger partial charge in [0.1, 0.15) is 17.8 Å². The number of nitrogens with zero attached hydrogens (tertiary/aromatic N) is 2. The molecule has 4 atom stereocenters. The van der Waals surface area contributed by atoms with Gasteiger partial charge in [-0.3, -0.25) is 41.1 Å². The van der Waals surface area contributed by atoms with E-state index in [0.29, 0.717) is 11.1 Å². The van der Waals surface area contributed by atoms with E-state index in [1.165, 1.54) is 11.7 Å². The first-order valence-electron chi connectivity index (χ1n) is 12.6. The first kappa shape index (κ1) is 24.9. The monoisotopic (exact) mass is 538 g/mol. The number of carbonyl (C=O) groups excluding carboxylic acids is 3. The number of benzene rings is 2. The number of methoxy groups -OCH3 is 1. The SMILES string of the molecule is COc1ccc2ccccc2c1C(=O)NC1C[N+]2=C(N)N[C@@H](CN3C(=O)CCC3=O)[C@@H]3[NH+]=C(N)N[C@@]32C1(O)O. The lowest BCUT2D eigenvalue weighted by Crippen LogP contribution is -2.92. The summed E-state index contributed by atoms with van der Waals surface area (Å²) in [6.07, 6.45) is 0.227. The molecule has 1 spiro atoms. The summed E-state index contributed by atoms with van der Waals surface area (Å²) in [5.74, 6) is -3.41. The maximum absolute atomic E-state index is 13.7. The predicted molar refractivity (Wildman–Crippen MR) is 136 cm³/mol. The highest BCUT2D eigenvalue weighted by Gasteiger charge is 2.78. The molecule has 0 aromatic heterocycles. The van der Waals surface area contributed by atoms with Crippen LogP contribution in [-0.2, 0) is 9.59 Å². The van der Waals surface area contributed by atoms with Crippen molar-refractivity contribution in [3.8, 4) is 5.75 Å². The number of amides is 3. The smallest absolute Gasteiger partial charge is 0.347 e. The Morgan fingerprint density at radius 3 is 2.64 bits per heavy atom. The highest BCUT2D eigenvalue weighted by molar-refractivity contribution is 6.09. The molecule has 14 nitrogen and oxygen atoms in total. The Morgan fingerprint density at radius 1 is 1.21 bits per heavy atom. The molecular weight excluding hydrogens is 508 g/mol. The lowest BCUT2D eigenvalue weighted by atomic mass is 9.85. The number of ether oxygens (including phenoxy) is 1. The van der Waals surface area contributed by atoms with Crippen LogP contribution in [-0.4, -0.2) is 99.1 Å². The molecule has 0 aliphatic carbocycles. The van der Waals surface area contributed by atoms with Gasteiger partial charge in [-0.25, -0.2) is 9.89 Å². The maximum atomic E-state index is 13.7. The standard InChI is InChI=1S/C25H28N8O6/c1-39-15-7-6-12-4-2-3-5-13(12)19(15)21(36)29-16-11-33-23(27)28-14(10-32-17(34)8-9-18(32)35)20-24(33,25(16,37)38)31-22(26)30-20/h2-7,14,16,20,37-38H,8-11H2,1H3,(H6,26,27,28,29,30,31,36)/p+2/t14-,16?,20-,24-/m0/s1. The number of hydrogen-bond donors (Lipinski definition) is 8. The zero-order chi connectivity index (χ0) is 27.7. The second-order valence-electron chi connectivity index (χ2n) is 10.2. The second-order valence-corrected chi connectivity index (χ2v) is 10.2. The molecule has 2 aromatic carbocycles. The van der Waals surface area contributed by atoms with Gasteiger partial charge in [0, 0.05) is 12.8 Å². The molecule has 4 heterocycles. The summed E-state index contributed by atoms with van der Waals surface area (Å²) in [5.41, 5.74) is 11.0. The molecule has 4 aliphatic heterocycles. The molecule has 1 unspecified atom stereocenters. The van der Waals surface area contributed by atoms with Crippen molar-refractivity contribution in [2.24, 2.45) is 11.5 Å². The summed E-state index contributed by atoms with van der Waals surface area (Å²) in [6, 6.07) is 7.95. The van der Waals surface area contributed by atoms with Crippen LogP contribution in [0.5, 0.6) is 5.75 Å². The van der Waals surface area contributed by atoms with E-state index in [9.17, 15) is 24.6 Å². The van der Waals surface area contributed by atoms with E-state index >= 15 is 0 Å². The van der Waals surface area contributed by atoms with Crippen LogP contribution < -0.4 is 37.1 Å². The van der Waals surface area contributed by atoms with Crippen LogP contribution in [0.15, 0.2) is 36.4 Å². The summed E-state index contributed by atoms with van der Waals surface area (Å²) < 4.78 is 6.93. The fourth-order valence-corrected chi connectivity index (χ4v) is 6.30. The minimum atomic E-state index is -2.62. The summed E-state index contributed by atoms with van der Waals surface area (Å²) in [4.78, 5) is 42.4. The number of nitrogens with two attached hydrogens (primary N) is 2. The highest BCUT2D eigenvalue weighted by atomic mass is 16.5. The number of carbonyl (C=O) groups is 3. The van der Waals surface area contributed by atoms with Gasteiger partial charge in [0.25, 0.3) is 17.4 Å². The lowest BCUT2D eigenvalue weighted by Gasteiger charge is -2.41. The predicted octanol–water partition coefficient (Wildman–Crippen LogP) is -4.85. The van der Waals surface area contributed by atoms with Crippen molar-refractivity contribution in [1.29, 1.82) is 0 Å². The van der Waals surface area contributed by atoms with E-state index in [1.54, 1.807) is 18.2 Å². The lowest BCUT2D eigenvalue weighted by molar-refractivity contribution is -0.674. The van der Waals surface area contributed by atoms with E-state index in [4.69, 9.17) is 16.2 Å². The van der Waals surface area contributed by atoms with Gasteiger partial charge in [-0.2, -0.15) is 0 Å². The zero-order valence-corrected chi connectivity index (χ0v) is 21.1. The average Bonchev–Trinajstić information content (AvgIpc) is 3.50. The quantitative estimate of drug-likeness (QED) is 0.103. The van der Waals surface area contributed by atoms with Crippen LogP contribution in [0.25, 0.3) is 10.8 Å². The van der Waals surface area contributed by atoms with E-state index in [2.05, 4.69) is 20.9 Å². The Hall–Kier alpha value is -4.43. The van der Waals surface area contributed by atoms with Gasteiger partial charge in [0.05, 0.1) is 25.8 Å². The highest BCUT2D eigenvalue weighted by Crippen LogP contribution is 2.38. The minimum Gasteiger partial charge on any atom is -0.496 e. The second kappa shape index (κ2) is 8.54. The summed E-state index contributed by atoms with van der Waals surface area (Å²) in [7, 11) is 1.45. The molecular formula is C25H30N8O6+2. The van der Waals surface area contributed by atoms with Crippen molar-refractivity contribution in [3.05, 3.63) is 42.0 Å². The van der Waals surface area contributed by atoms with Crippen molar-refractivity contribution in [3.63, 3.8) is 0 Å². The van der Waals surface area contributed by atoms with Crippen LogP contribution in [0.2, 0.25) is 0 Å². The summed E-state index contributed by atoms with van der Waals surface area (Å²) in [6.45, 7) is -0.168. The molecule has 39 heavy (non-hydrogen) atoms. The van der Waals surface area contributed by atoms with Gasteiger partial charge < -0.3 is 20.3 Å². The number of hydrogen-bond acceptors (Lipinski definition) is 10. The van der Waals surface area contributed by atoms with Crippen molar-refractivity contribution in [1.82, 2.24) is 20.9 Å². The van der Waals surface area contributed by atoms with Gasteiger partial charge >= 0.3 is 11.9 Å². The summed E-state index contributed by atoms with van der Waals surface area (Å²) >= 11 is 0. The number of likely N-dealkylation sites (tertiary alicyclic amines) is 1. The number of rotatable bonds is 5. The third-order valence-corrected chi connectivity index (χ3v) is 8.13. The fraction of sp³-hybridized carbons (Fsp3) is 0.400. The molecule has 204 valence electrons. The van der Waals surface area contributed by atoms with Gasteiger partial charge in [-0.15, -0.1) is 0 Å². The molecule has 2 fully saturated rings. The Labute approximate surface area is 222 Å². The normalized spacial score (nSPS) is 29.1. The van der Waals surface area contributed by atoms with Crippen molar-refractivity contribution in [2.75, 3.05) is 20.2 Å². The van der Waals surface area contributed by atoms with Crippen molar-refractivity contribution >= 4 is 40.4 Å². The fourth-order valence-electron chi connectivity index (χ4n) is 6.30. The molecule has 2 aromatic rings. The zero-order valence-electron chi connectivity index (χ0n) is 21.1. The van der Waals surface area contributed by atoms with E-state index in [0.717, 1.165) is 10.3 Å². The first-order chi connectivity index (χ1) is 18.6. The minimum absolute atomic E-state index is 0.0424. The third-order valence-electron chi connectivity index (χ3n) is 8.13. The first-order valence-corrected chi connectivity index (χ1v) is 12.6. The number of guanidine groups is 2. The maximum Gasteiger partial charge on any atom is 0.347 e. The number of nitrogens with one attached hydrogen (secondary N) is 4. The molecule has 4 aliphatic rings. The molecule has 2 saturated heterocycles. The largest absolute Gasteiger partial charge is 0.496 e. The van der Waals surface area contributed by atoms with Gasteiger partial charge in [-0.05, 0) is 16.8 Å². The van der Waals surface area contributed by atoms with E-state index in [1.807, 2.05) is 18.2 Å². The third kappa shape index (κ3) is 3.44. The number of aliphatic hydroxyl groups is 2. The van der Waals surface area contributed by atoms with Crippen molar-refractivity contribution < 1.29 is 38.9 Å². The van der Waals surface area contributed by atoms with Gasteiger partial charge in [0.15, 0.2) is 6.04 Å². The van der Waals surface area contributed by atoms with Crippen LogP contribution in [0.3, 0.4) is 0 Å². The topological polar surface area (TPSA) is 209 Å². The Morgan fingerprint density at radius 2 is 1.92 bits per heavy atom. The van der Waals surface area contributed by atoms with Crippen LogP contribution >= 0.6 is 0 Å². The van der Waals surface area contributed by atoms with Crippen LogP contribution in [0, 0.1) is 0 Å².